The zero-order chi connectivity index (χ0) is 12.0. The Morgan fingerprint density at radius 2 is 2.25 bits per heavy atom. The highest BCUT2D eigenvalue weighted by atomic mass is 32.2. The molecular formula is C10H14N4OS. The topological polar surface area (TPSA) is 78.7 Å². The number of aromatic nitrogens is 2. The molecule has 1 heterocycles. The summed E-state index contributed by atoms with van der Waals surface area (Å²) in [6, 6.07) is 1.96. The van der Waals surface area contributed by atoms with Crippen molar-refractivity contribution in [1.29, 1.82) is 5.26 Å². The van der Waals surface area contributed by atoms with Crippen LogP contribution in [0.15, 0.2) is 12.4 Å². The fourth-order valence-corrected chi connectivity index (χ4v) is 1.56. The van der Waals surface area contributed by atoms with E-state index in [1.807, 2.05) is 13.0 Å². The van der Waals surface area contributed by atoms with Crippen LogP contribution in [0.2, 0.25) is 0 Å². The fourth-order valence-electron chi connectivity index (χ4n) is 1.11. The summed E-state index contributed by atoms with van der Waals surface area (Å²) in [5.74, 6) is 0.485. The maximum Gasteiger partial charge on any atom is 0.182 e. The molecule has 86 valence electrons. The Balaban J connectivity index is 2.49. The molecule has 1 aromatic rings. The van der Waals surface area contributed by atoms with Gasteiger partial charge in [-0.3, -0.25) is 4.21 Å². The zero-order valence-corrected chi connectivity index (χ0v) is 10.1. The third-order valence-electron chi connectivity index (χ3n) is 2.21. The predicted molar refractivity (Wildman–Crippen MR) is 63.4 cm³/mol. The van der Waals surface area contributed by atoms with Gasteiger partial charge in [-0.05, 0) is 6.42 Å². The monoisotopic (exact) mass is 238 g/mol. The summed E-state index contributed by atoms with van der Waals surface area (Å²) >= 11 is 0. The molecule has 0 aliphatic rings. The lowest BCUT2D eigenvalue weighted by Gasteiger charge is -2.09. The molecule has 0 radical (unpaired) electrons. The molecule has 0 spiro atoms. The van der Waals surface area contributed by atoms with Gasteiger partial charge in [-0.1, -0.05) is 6.92 Å². The van der Waals surface area contributed by atoms with E-state index in [9.17, 15) is 4.21 Å². The highest BCUT2D eigenvalue weighted by molar-refractivity contribution is 7.84. The molecule has 0 aromatic carbocycles. The summed E-state index contributed by atoms with van der Waals surface area (Å²) in [5.41, 5.74) is 0.285. The van der Waals surface area contributed by atoms with Gasteiger partial charge in [-0.25, -0.2) is 9.97 Å². The minimum atomic E-state index is -0.816. The van der Waals surface area contributed by atoms with Crippen LogP contribution in [-0.2, 0) is 10.8 Å². The van der Waals surface area contributed by atoms with Crippen LogP contribution in [0.1, 0.15) is 19.0 Å². The number of nitrogens with one attached hydrogen (secondary N) is 1. The predicted octanol–water partition coefficient (Wildman–Crippen LogP) is 0.917. The Morgan fingerprint density at radius 1 is 1.56 bits per heavy atom. The van der Waals surface area contributed by atoms with E-state index in [1.165, 1.54) is 12.4 Å². The van der Waals surface area contributed by atoms with Crippen LogP contribution < -0.4 is 5.32 Å². The standard InChI is InChI=1S/C10H14N4OS/c1-8(16(2)15)3-4-13-10-9(7-11)12-5-6-14-10/h5-6,8H,3-4H2,1-2H3,(H,13,14). The summed E-state index contributed by atoms with van der Waals surface area (Å²) in [6.45, 7) is 2.56. The maximum absolute atomic E-state index is 11.1. The maximum atomic E-state index is 11.1. The van der Waals surface area contributed by atoms with Crippen molar-refractivity contribution in [2.75, 3.05) is 18.1 Å². The van der Waals surface area contributed by atoms with Gasteiger partial charge in [-0.2, -0.15) is 5.26 Å². The van der Waals surface area contributed by atoms with Gasteiger partial charge in [0, 0.05) is 41.2 Å². The summed E-state index contributed by atoms with van der Waals surface area (Å²) in [4.78, 5) is 7.90. The molecule has 0 bridgehead atoms. The average Bonchev–Trinajstić information content (AvgIpc) is 2.29. The van der Waals surface area contributed by atoms with Crippen molar-refractivity contribution in [2.24, 2.45) is 0 Å². The van der Waals surface area contributed by atoms with Gasteiger partial charge >= 0.3 is 0 Å². The molecular weight excluding hydrogens is 224 g/mol. The van der Waals surface area contributed by atoms with Gasteiger partial charge in [0.1, 0.15) is 6.07 Å². The first-order valence-electron chi connectivity index (χ1n) is 4.92. The van der Waals surface area contributed by atoms with Gasteiger partial charge in [0.25, 0.3) is 0 Å². The second-order valence-electron chi connectivity index (χ2n) is 3.39. The molecule has 0 aliphatic carbocycles. The summed E-state index contributed by atoms with van der Waals surface area (Å²) in [5, 5.41) is 11.9. The third kappa shape index (κ3) is 3.59. The zero-order valence-electron chi connectivity index (χ0n) is 9.30. The van der Waals surface area contributed by atoms with Crippen LogP contribution in [0.4, 0.5) is 5.82 Å². The Labute approximate surface area is 97.4 Å². The van der Waals surface area contributed by atoms with E-state index in [0.29, 0.717) is 12.4 Å². The van der Waals surface area contributed by atoms with Crippen LogP contribution in [0, 0.1) is 11.3 Å². The number of hydrogen-bond acceptors (Lipinski definition) is 5. The first kappa shape index (κ1) is 12.6. The molecule has 0 fully saturated rings. The lowest BCUT2D eigenvalue weighted by atomic mass is 10.3. The second kappa shape index (κ2) is 6.18. The van der Waals surface area contributed by atoms with Crippen molar-refractivity contribution < 1.29 is 4.21 Å². The highest BCUT2D eigenvalue weighted by Gasteiger charge is 2.07. The first-order chi connectivity index (χ1) is 7.65. The Kier molecular flexibility index (Phi) is 4.86. The molecule has 1 rings (SSSR count). The van der Waals surface area contributed by atoms with Crippen molar-refractivity contribution in [3.63, 3.8) is 0 Å². The fraction of sp³-hybridized carbons (Fsp3) is 0.500. The number of rotatable bonds is 5. The minimum Gasteiger partial charge on any atom is -0.368 e. The van der Waals surface area contributed by atoms with Crippen LogP contribution in [-0.4, -0.2) is 32.2 Å². The van der Waals surface area contributed by atoms with Crippen molar-refractivity contribution in [1.82, 2.24) is 9.97 Å². The van der Waals surface area contributed by atoms with Crippen LogP contribution in [0.25, 0.3) is 0 Å². The van der Waals surface area contributed by atoms with Crippen LogP contribution in [0.3, 0.4) is 0 Å². The normalized spacial score (nSPS) is 13.8. The van der Waals surface area contributed by atoms with Gasteiger partial charge in [0.15, 0.2) is 11.5 Å². The first-order valence-corrected chi connectivity index (χ1v) is 6.54. The molecule has 5 nitrogen and oxygen atoms in total. The molecule has 0 saturated heterocycles. The molecule has 2 atom stereocenters. The smallest absolute Gasteiger partial charge is 0.182 e. The molecule has 1 aromatic heterocycles. The van der Waals surface area contributed by atoms with Gasteiger partial charge in [-0.15, -0.1) is 0 Å². The molecule has 2 unspecified atom stereocenters. The SMILES string of the molecule is CC(CCNc1nccnc1C#N)S(C)=O. The van der Waals surface area contributed by atoms with Crippen molar-refractivity contribution in [2.45, 2.75) is 18.6 Å². The van der Waals surface area contributed by atoms with Crippen LogP contribution >= 0.6 is 0 Å². The molecule has 0 saturated carbocycles. The van der Waals surface area contributed by atoms with Crippen LogP contribution in [0.5, 0.6) is 0 Å². The minimum absolute atomic E-state index is 0.134. The van der Waals surface area contributed by atoms with Gasteiger partial charge in [0.05, 0.1) is 0 Å². The quantitative estimate of drug-likeness (QED) is 0.825. The Morgan fingerprint density at radius 3 is 2.88 bits per heavy atom. The average molecular weight is 238 g/mol. The van der Waals surface area contributed by atoms with E-state index in [-0.39, 0.29) is 10.9 Å². The molecule has 0 amide bonds. The molecule has 1 N–H and O–H groups in total. The Hall–Kier alpha value is -1.48. The number of hydrogen-bond donors (Lipinski definition) is 1. The van der Waals surface area contributed by atoms with E-state index in [4.69, 9.17) is 5.26 Å². The molecule has 6 heteroatoms. The van der Waals surface area contributed by atoms with E-state index in [2.05, 4.69) is 15.3 Å². The number of nitrogens with zero attached hydrogens (tertiary/aromatic N) is 3. The largest absolute Gasteiger partial charge is 0.368 e. The lowest BCUT2D eigenvalue weighted by Crippen LogP contribution is -2.15. The molecule has 16 heavy (non-hydrogen) atoms. The van der Waals surface area contributed by atoms with Gasteiger partial charge in [0.2, 0.25) is 0 Å². The van der Waals surface area contributed by atoms with E-state index >= 15 is 0 Å². The summed E-state index contributed by atoms with van der Waals surface area (Å²) in [7, 11) is -0.816. The number of anilines is 1. The summed E-state index contributed by atoms with van der Waals surface area (Å²) in [6.07, 6.45) is 5.47. The van der Waals surface area contributed by atoms with E-state index in [1.54, 1.807) is 6.26 Å². The summed E-state index contributed by atoms with van der Waals surface area (Å²) < 4.78 is 11.1. The highest BCUT2D eigenvalue weighted by Crippen LogP contribution is 2.07. The number of nitriles is 1. The lowest BCUT2D eigenvalue weighted by molar-refractivity contribution is 0.672. The van der Waals surface area contributed by atoms with Gasteiger partial charge < -0.3 is 5.32 Å². The van der Waals surface area contributed by atoms with Crippen molar-refractivity contribution in [3.8, 4) is 6.07 Å². The Bertz CT molecular complexity index is 416. The van der Waals surface area contributed by atoms with Crippen molar-refractivity contribution in [3.05, 3.63) is 18.1 Å². The third-order valence-corrected chi connectivity index (χ3v) is 3.58. The second-order valence-corrected chi connectivity index (χ2v) is 5.19. The van der Waals surface area contributed by atoms with E-state index < -0.39 is 10.8 Å². The molecule has 0 aliphatic heterocycles. The van der Waals surface area contributed by atoms with Crippen molar-refractivity contribution >= 4 is 16.6 Å². The van der Waals surface area contributed by atoms with E-state index in [0.717, 1.165) is 6.42 Å².